The zero-order valence-corrected chi connectivity index (χ0v) is 15.3. The highest BCUT2D eigenvalue weighted by Gasteiger charge is 2.17. The third kappa shape index (κ3) is 4.06. The largest absolute Gasteiger partial charge is 0.441 e. The number of oxazole rings is 1. The van der Waals surface area contributed by atoms with E-state index in [4.69, 9.17) is 4.42 Å². The zero-order valence-electron chi connectivity index (χ0n) is 13.7. The van der Waals surface area contributed by atoms with Crippen LogP contribution in [0.5, 0.6) is 0 Å². The SMILES string of the molecule is Cc1nc2cc(NC(=O)[C@@H](C)NC(=O)c3ccc(Br)cc3)ccc2o1. The molecule has 1 atom stereocenters. The minimum Gasteiger partial charge on any atom is -0.441 e. The Balaban J connectivity index is 1.64. The molecule has 25 heavy (non-hydrogen) atoms. The normalized spacial score (nSPS) is 12.0. The maximum atomic E-state index is 12.3. The van der Waals surface area contributed by atoms with Gasteiger partial charge in [-0.25, -0.2) is 4.98 Å². The standard InChI is InChI=1S/C18H16BrN3O3/c1-10(20-18(24)12-3-5-13(19)6-4-12)17(23)22-14-7-8-16-15(9-14)21-11(2)25-16/h3-10H,1-2H3,(H,20,24)(H,22,23)/t10-/m1/s1. The first kappa shape index (κ1) is 17.2. The Morgan fingerprint density at radius 3 is 2.60 bits per heavy atom. The Kier molecular flexibility index (Phi) is 4.85. The average Bonchev–Trinajstić information content (AvgIpc) is 2.94. The molecule has 2 amide bonds. The number of nitrogens with zero attached hydrogens (tertiary/aromatic N) is 1. The number of fused-ring (bicyclic) bond motifs is 1. The number of halogens is 1. The lowest BCUT2D eigenvalue weighted by atomic mass is 10.2. The van der Waals surface area contributed by atoms with E-state index in [1.54, 1.807) is 56.3 Å². The Labute approximate surface area is 152 Å². The predicted molar refractivity (Wildman–Crippen MR) is 98.4 cm³/mol. The van der Waals surface area contributed by atoms with Crippen molar-refractivity contribution in [2.75, 3.05) is 5.32 Å². The Bertz CT molecular complexity index is 934. The molecule has 0 fully saturated rings. The number of aryl methyl sites for hydroxylation is 1. The van der Waals surface area contributed by atoms with Crippen molar-refractivity contribution in [1.82, 2.24) is 10.3 Å². The molecule has 0 saturated heterocycles. The van der Waals surface area contributed by atoms with Gasteiger partial charge in [-0.2, -0.15) is 0 Å². The molecule has 2 aromatic carbocycles. The van der Waals surface area contributed by atoms with Crippen LogP contribution in [0.3, 0.4) is 0 Å². The second kappa shape index (κ2) is 7.06. The second-order valence-corrected chi connectivity index (χ2v) is 6.52. The molecule has 0 radical (unpaired) electrons. The van der Waals surface area contributed by atoms with E-state index in [1.165, 1.54) is 0 Å². The molecule has 0 saturated carbocycles. The predicted octanol–water partition coefficient (Wildman–Crippen LogP) is 3.66. The topological polar surface area (TPSA) is 84.2 Å². The van der Waals surface area contributed by atoms with E-state index in [0.717, 1.165) is 4.47 Å². The number of hydrogen-bond acceptors (Lipinski definition) is 4. The number of anilines is 1. The summed E-state index contributed by atoms with van der Waals surface area (Å²) >= 11 is 3.32. The number of amides is 2. The van der Waals surface area contributed by atoms with Gasteiger partial charge in [-0.1, -0.05) is 15.9 Å². The monoisotopic (exact) mass is 401 g/mol. The van der Waals surface area contributed by atoms with Crippen LogP contribution in [0.2, 0.25) is 0 Å². The molecule has 0 aliphatic carbocycles. The van der Waals surface area contributed by atoms with Gasteiger partial charge in [0.05, 0.1) is 0 Å². The molecule has 0 unspecified atom stereocenters. The summed E-state index contributed by atoms with van der Waals surface area (Å²) in [5, 5.41) is 5.44. The molecule has 1 aromatic heterocycles. The molecule has 0 aliphatic heterocycles. The molecule has 0 aliphatic rings. The van der Waals surface area contributed by atoms with Crippen LogP contribution < -0.4 is 10.6 Å². The summed E-state index contributed by atoms with van der Waals surface area (Å²) in [6, 6.07) is 11.4. The molecule has 3 rings (SSSR count). The number of carbonyl (C=O) groups excluding carboxylic acids is 2. The molecule has 1 heterocycles. The third-order valence-electron chi connectivity index (χ3n) is 3.61. The number of rotatable bonds is 4. The first-order chi connectivity index (χ1) is 11.9. The summed E-state index contributed by atoms with van der Waals surface area (Å²) in [5.74, 6) is -0.0589. The first-order valence-corrected chi connectivity index (χ1v) is 8.46. The molecular weight excluding hydrogens is 386 g/mol. The van der Waals surface area contributed by atoms with Gasteiger partial charge < -0.3 is 15.1 Å². The number of aromatic nitrogens is 1. The first-order valence-electron chi connectivity index (χ1n) is 7.67. The van der Waals surface area contributed by atoms with Gasteiger partial charge in [-0.3, -0.25) is 9.59 Å². The number of carbonyl (C=O) groups is 2. The fourth-order valence-corrected chi connectivity index (χ4v) is 2.58. The van der Waals surface area contributed by atoms with Crippen molar-refractivity contribution in [1.29, 1.82) is 0 Å². The molecular formula is C18H16BrN3O3. The number of benzene rings is 2. The van der Waals surface area contributed by atoms with Crippen LogP contribution in [0, 0.1) is 6.92 Å². The van der Waals surface area contributed by atoms with E-state index in [-0.39, 0.29) is 11.8 Å². The van der Waals surface area contributed by atoms with Gasteiger partial charge in [-0.15, -0.1) is 0 Å². The molecule has 6 nitrogen and oxygen atoms in total. The van der Waals surface area contributed by atoms with Crippen LogP contribution in [0.4, 0.5) is 5.69 Å². The van der Waals surface area contributed by atoms with Crippen LogP contribution in [-0.4, -0.2) is 22.8 Å². The summed E-state index contributed by atoms with van der Waals surface area (Å²) < 4.78 is 6.28. The quantitative estimate of drug-likeness (QED) is 0.698. The molecule has 0 bridgehead atoms. The lowest BCUT2D eigenvalue weighted by Crippen LogP contribution is -2.41. The third-order valence-corrected chi connectivity index (χ3v) is 4.14. The summed E-state index contributed by atoms with van der Waals surface area (Å²) in [6.07, 6.45) is 0. The van der Waals surface area contributed by atoms with Crippen molar-refractivity contribution >= 4 is 44.5 Å². The summed E-state index contributed by atoms with van der Waals surface area (Å²) in [5.41, 5.74) is 2.41. The molecule has 128 valence electrons. The molecule has 0 spiro atoms. The van der Waals surface area contributed by atoms with Gasteiger partial charge in [0.15, 0.2) is 11.5 Å². The van der Waals surface area contributed by atoms with Gasteiger partial charge in [-0.05, 0) is 49.4 Å². The van der Waals surface area contributed by atoms with Gasteiger partial charge >= 0.3 is 0 Å². The van der Waals surface area contributed by atoms with Gasteiger partial charge in [0.25, 0.3) is 5.91 Å². The fraction of sp³-hybridized carbons (Fsp3) is 0.167. The highest BCUT2D eigenvalue weighted by Crippen LogP contribution is 2.19. The Hall–Kier alpha value is -2.67. The van der Waals surface area contributed by atoms with Crippen molar-refractivity contribution in [3.8, 4) is 0 Å². The minimum atomic E-state index is -0.689. The van der Waals surface area contributed by atoms with E-state index in [2.05, 4.69) is 31.5 Å². The summed E-state index contributed by atoms with van der Waals surface area (Å²) in [7, 11) is 0. The molecule has 2 N–H and O–H groups in total. The maximum absolute atomic E-state index is 12.3. The smallest absolute Gasteiger partial charge is 0.251 e. The van der Waals surface area contributed by atoms with Gasteiger partial charge in [0.1, 0.15) is 11.6 Å². The molecule has 7 heteroatoms. The van der Waals surface area contributed by atoms with Crippen molar-refractivity contribution in [2.24, 2.45) is 0 Å². The lowest BCUT2D eigenvalue weighted by molar-refractivity contribution is -0.117. The number of hydrogen-bond donors (Lipinski definition) is 2. The Morgan fingerprint density at radius 2 is 1.88 bits per heavy atom. The highest BCUT2D eigenvalue weighted by molar-refractivity contribution is 9.10. The van der Waals surface area contributed by atoms with Crippen molar-refractivity contribution in [3.63, 3.8) is 0 Å². The van der Waals surface area contributed by atoms with Crippen LogP contribution >= 0.6 is 15.9 Å². The zero-order chi connectivity index (χ0) is 18.0. The lowest BCUT2D eigenvalue weighted by Gasteiger charge is -2.14. The van der Waals surface area contributed by atoms with Crippen molar-refractivity contribution in [3.05, 3.63) is 58.4 Å². The van der Waals surface area contributed by atoms with Gasteiger partial charge in [0.2, 0.25) is 5.91 Å². The fourth-order valence-electron chi connectivity index (χ4n) is 2.32. The van der Waals surface area contributed by atoms with E-state index < -0.39 is 6.04 Å². The van der Waals surface area contributed by atoms with Crippen LogP contribution in [0.1, 0.15) is 23.2 Å². The van der Waals surface area contributed by atoms with E-state index in [0.29, 0.717) is 28.2 Å². The summed E-state index contributed by atoms with van der Waals surface area (Å²) in [6.45, 7) is 3.39. The van der Waals surface area contributed by atoms with E-state index >= 15 is 0 Å². The second-order valence-electron chi connectivity index (χ2n) is 5.61. The van der Waals surface area contributed by atoms with Gasteiger partial charge in [0, 0.05) is 22.6 Å². The maximum Gasteiger partial charge on any atom is 0.251 e. The number of nitrogens with one attached hydrogen (secondary N) is 2. The Morgan fingerprint density at radius 1 is 1.16 bits per heavy atom. The summed E-state index contributed by atoms with van der Waals surface area (Å²) in [4.78, 5) is 28.7. The van der Waals surface area contributed by atoms with Crippen molar-refractivity contribution < 1.29 is 14.0 Å². The van der Waals surface area contributed by atoms with E-state index in [1.807, 2.05) is 0 Å². The molecule has 3 aromatic rings. The average molecular weight is 402 g/mol. The van der Waals surface area contributed by atoms with E-state index in [9.17, 15) is 9.59 Å². The van der Waals surface area contributed by atoms with Crippen LogP contribution in [0.15, 0.2) is 51.4 Å². The van der Waals surface area contributed by atoms with Crippen molar-refractivity contribution in [2.45, 2.75) is 19.9 Å². The highest BCUT2D eigenvalue weighted by atomic mass is 79.9. The van der Waals surface area contributed by atoms with Crippen LogP contribution in [0.25, 0.3) is 11.1 Å². The minimum absolute atomic E-state index is 0.308. The van der Waals surface area contributed by atoms with Crippen LogP contribution in [-0.2, 0) is 4.79 Å².